The highest BCUT2D eigenvalue weighted by Gasteiger charge is 2.08. The third-order valence-electron chi connectivity index (χ3n) is 2.69. The summed E-state index contributed by atoms with van der Waals surface area (Å²) < 4.78 is 0.790. The van der Waals surface area contributed by atoms with Crippen LogP contribution < -0.4 is 10.6 Å². The van der Waals surface area contributed by atoms with E-state index >= 15 is 0 Å². The summed E-state index contributed by atoms with van der Waals surface area (Å²) in [7, 11) is 0. The zero-order valence-corrected chi connectivity index (χ0v) is 13.7. The largest absolute Gasteiger partial charge is 0.355 e. The number of benzene rings is 1. The van der Waals surface area contributed by atoms with Gasteiger partial charge in [-0.25, -0.2) is 0 Å². The van der Waals surface area contributed by atoms with Crippen molar-refractivity contribution in [3.05, 3.63) is 29.8 Å². The summed E-state index contributed by atoms with van der Waals surface area (Å²) in [6.45, 7) is 4.79. The van der Waals surface area contributed by atoms with E-state index in [-0.39, 0.29) is 5.91 Å². The van der Waals surface area contributed by atoms with Crippen LogP contribution >= 0.6 is 23.1 Å². The van der Waals surface area contributed by atoms with Crippen LogP contribution in [-0.2, 0) is 4.79 Å². The van der Waals surface area contributed by atoms with Crippen molar-refractivity contribution in [2.45, 2.75) is 24.6 Å². The first-order chi connectivity index (χ1) is 10.2. The summed E-state index contributed by atoms with van der Waals surface area (Å²) in [5, 5.41) is 15.0. The lowest BCUT2D eigenvalue weighted by Crippen LogP contribution is -2.25. The first-order valence-corrected chi connectivity index (χ1v) is 8.55. The summed E-state index contributed by atoms with van der Waals surface area (Å²) in [5.74, 6) is 0.407. The quantitative estimate of drug-likeness (QED) is 0.766. The van der Waals surface area contributed by atoms with E-state index in [1.165, 1.54) is 23.1 Å². The topological polar surface area (TPSA) is 66.9 Å². The smallest absolute Gasteiger partial charge is 0.230 e. The van der Waals surface area contributed by atoms with Gasteiger partial charge >= 0.3 is 0 Å². The molecule has 112 valence electrons. The van der Waals surface area contributed by atoms with Gasteiger partial charge in [0.25, 0.3) is 0 Å². The maximum Gasteiger partial charge on any atom is 0.230 e. The van der Waals surface area contributed by atoms with Crippen LogP contribution in [-0.4, -0.2) is 28.4 Å². The van der Waals surface area contributed by atoms with E-state index in [1.807, 2.05) is 38.1 Å². The molecule has 0 aliphatic rings. The molecule has 0 radical (unpaired) electrons. The molecule has 0 fully saturated rings. The Morgan fingerprint density at radius 1 is 1.33 bits per heavy atom. The molecule has 0 spiro atoms. The van der Waals surface area contributed by atoms with Crippen molar-refractivity contribution in [1.29, 1.82) is 0 Å². The average Bonchev–Trinajstić information content (AvgIpc) is 2.93. The highest BCUT2D eigenvalue weighted by molar-refractivity contribution is 8.01. The van der Waals surface area contributed by atoms with E-state index in [4.69, 9.17) is 0 Å². The third-order valence-corrected chi connectivity index (χ3v) is 4.66. The standard InChI is InChI=1S/C14H18N4OS2/c1-3-8-15-12(19)9-20-14-18-17-13(21-14)16-11-7-5-4-6-10(11)2/h4-7H,3,8-9H2,1-2H3,(H,15,19)(H,16,17). The van der Waals surface area contributed by atoms with Gasteiger partial charge in [0.1, 0.15) is 0 Å². The fourth-order valence-electron chi connectivity index (χ4n) is 1.59. The number of carbonyl (C=O) groups excluding carboxylic acids is 1. The Hall–Kier alpha value is -1.60. The second kappa shape index (κ2) is 7.99. The van der Waals surface area contributed by atoms with Crippen LogP contribution in [0.1, 0.15) is 18.9 Å². The van der Waals surface area contributed by atoms with E-state index in [9.17, 15) is 4.79 Å². The van der Waals surface area contributed by atoms with Gasteiger partial charge in [-0.3, -0.25) is 4.79 Å². The van der Waals surface area contributed by atoms with Gasteiger partial charge in [-0.2, -0.15) is 0 Å². The molecule has 1 heterocycles. The number of rotatable bonds is 7. The van der Waals surface area contributed by atoms with Gasteiger partial charge in [-0.15, -0.1) is 10.2 Å². The minimum atomic E-state index is 0.0328. The van der Waals surface area contributed by atoms with Gasteiger partial charge in [0.2, 0.25) is 11.0 Å². The van der Waals surface area contributed by atoms with Crippen LogP contribution in [0.15, 0.2) is 28.6 Å². The van der Waals surface area contributed by atoms with Crippen molar-refractivity contribution in [2.75, 3.05) is 17.6 Å². The lowest BCUT2D eigenvalue weighted by Gasteiger charge is -2.04. The number of hydrogen-bond acceptors (Lipinski definition) is 6. The molecule has 21 heavy (non-hydrogen) atoms. The third kappa shape index (κ3) is 5.02. The van der Waals surface area contributed by atoms with Crippen molar-refractivity contribution >= 4 is 39.8 Å². The monoisotopic (exact) mass is 322 g/mol. The van der Waals surface area contributed by atoms with Gasteiger partial charge in [0, 0.05) is 12.2 Å². The van der Waals surface area contributed by atoms with Crippen molar-refractivity contribution in [1.82, 2.24) is 15.5 Å². The number of thioether (sulfide) groups is 1. The molecule has 2 aromatic rings. The second-order valence-electron chi connectivity index (χ2n) is 4.45. The Balaban J connectivity index is 1.87. The SMILES string of the molecule is CCCNC(=O)CSc1nnc(Nc2ccccc2C)s1. The molecular weight excluding hydrogens is 304 g/mol. The first kappa shape index (κ1) is 15.8. The van der Waals surface area contributed by atoms with Gasteiger partial charge in [0.15, 0.2) is 4.34 Å². The van der Waals surface area contributed by atoms with Crippen LogP contribution in [0.4, 0.5) is 10.8 Å². The van der Waals surface area contributed by atoms with Crippen molar-refractivity contribution < 1.29 is 4.79 Å². The maximum atomic E-state index is 11.5. The number of para-hydroxylation sites is 1. The van der Waals surface area contributed by atoms with Crippen LogP contribution in [0.2, 0.25) is 0 Å². The van der Waals surface area contributed by atoms with E-state index < -0.39 is 0 Å². The van der Waals surface area contributed by atoms with Crippen molar-refractivity contribution in [2.24, 2.45) is 0 Å². The molecule has 0 saturated heterocycles. The van der Waals surface area contributed by atoms with Gasteiger partial charge in [0.05, 0.1) is 5.75 Å². The number of carbonyl (C=O) groups is 1. The molecule has 0 atom stereocenters. The molecule has 5 nitrogen and oxygen atoms in total. The zero-order valence-electron chi connectivity index (χ0n) is 12.0. The Kier molecular flexibility index (Phi) is 6.01. The Morgan fingerprint density at radius 2 is 2.14 bits per heavy atom. The summed E-state index contributed by atoms with van der Waals surface area (Å²) in [6.07, 6.45) is 0.944. The summed E-state index contributed by atoms with van der Waals surface area (Å²) >= 11 is 2.86. The zero-order chi connectivity index (χ0) is 15.1. The fraction of sp³-hybridized carbons (Fsp3) is 0.357. The number of aromatic nitrogens is 2. The first-order valence-electron chi connectivity index (χ1n) is 6.74. The number of anilines is 2. The molecule has 1 aromatic heterocycles. The van der Waals surface area contributed by atoms with Gasteiger partial charge < -0.3 is 10.6 Å². The molecule has 2 N–H and O–H groups in total. The number of hydrogen-bond donors (Lipinski definition) is 2. The summed E-state index contributed by atoms with van der Waals surface area (Å²) in [4.78, 5) is 11.5. The molecule has 1 amide bonds. The molecule has 0 saturated carbocycles. The molecule has 1 aromatic carbocycles. The van der Waals surface area contributed by atoms with Gasteiger partial charge in [-0.1, -0.05) is 48.2 Å². The molecule has 0 aliphatic carbocycles. The predicted molar refractivity (Wildman–Crippen MR) is 88.4 cm³/mol. The molecule has 0 aliphatic heterocycles. The highest BCUT2D eigenvalue weighted by Crippen LogP contribution is 2.28. The molecule has 7 heteroatoms. The van der Waals surface area contributed by atoms with Crippen LogP contribution in [0.5, 0.6) is 0 Å². The van der Waals surface area contributed by atoms with E-state index in [0.29, 0.717) is 5.75 Å². The van der Waals surface area contributed by atoms with Gasteiger partial charge in [-0.05, 0) is 25.0 Å². The minimum absolute atomic E-state index is 0.0328. The second-order valence-corrected chi connectivity index (χ2v) is 6.65. The maximum absolute atomic E-state index is 11.5. The predicted octanol–water partition coefficient (Wildman–Crippen LogP) is 3.21. The van der Waals surface area contributed by atoms with E-state index in [2.05, 4.69) is 20.8 Å². The Labute approximate surface area is 132 Å². The number of nitrogens with one attached hydrogen (secondary N) is 2. The Morgan fingerprint density at radius 3 is 2.90 bits per heavy atom. The minimum Gasteiger partial charge on any atom is -0.355 e. The molecule has 2 rings (SSSR count). The van der Waals surface area contributed by atoms with Crippen LogP contribution in [0.3, 0.4) is 0 Å². The normalized spacial score (nSPS) is 10.4. The summed E-state index contributed by atoms with van der Waals surface area (Å²) in [6, 6.07) is 8.01. The molecule has 0 unspecified atom stereocenters. The lowest BCUT2D eigenvalue weighted by atomic mass is 10.2. The lowest BCUT2D eigenvalue weighted by molar-refractivity contribution is -0.118. The summed E-state index contributed by atoms with van der Waals surface area (Å²) in [5.41, 5.74) is 2.17. The van der Waals surface area contributed by atoms with Crippen molar-refractivity contribution in [3.63, 3.8) is 0 Å². The van der Waals surface area contributed by atoms with Crippen LogP contribution in [0.25, 0.3) is 0 Å². The average molecular weight is 322 g/mol. The van der Waals surface area contributed by atoms with E-state index in [0.717, 1.165) is 33.7 Å². The Bertz CT molecular complexity index is 600. The van der Waals surface area contributed by atoms with Crippen molar-refractivity contribution in [3.8, 4) is 0 Å². The highest BCUT2D eigenvalue weighted by atomic mass is 32.2. The number of nitrogens with zero attached hydrogens (tertiary/aromatic N) is 2. The fourth-order valence-corrected chi connectivity index (χ4v) is 3.18. The number of aryl methyl sites for hydroxylation is 1. The molecule has 0 bridgehead atoms. The van der Waals surface area contributed by atoms with Crippen LogP contribution in [0, 0.1) is 6.92 Å². The van der Waals surface area contributed by atoms with E-state index in [1.54, 1.807) is 0 Å². The number of amides is 1. The molecular formula is C14H18N4OS2.